The van der Waals surface area contributed by atoms with E-state index >= 15 is 0 Å². The van der Waals surface area contributed by atoms with Crippen LogP contribution >= 0.6 is 0 Å². The molecular weight excluding hydrogens is 256 g/mol. The molecule has 1 saturated heterocycles. The van der Waals surface area contributed by atoms with Crippen molar-refractivity contribution < 1.29 is 4.92 Å². The largest absolute Gasteiger partial charge is 0.373 e. The SMILES string of the molecule is CNc1ccc([N+](=O)[O-])c(N2CCCC(C)(C)CC2)n1. The third-order valence-electron chi connectivity index (χ3n) is 3.95. The van der Waals surface area contributed by atoms with Crippen LogP contribution in [-0.4, -0.2) is 30.0 Å². The van der Waals surface area contributed by atoms with Crippen molar-refractivity contribution in [3.63, 3.8) is 0 Å². The van der Waals surface area contributed by atoms with Crippen molar-refractivity contribution in [3.8, 4) is 0 Å². The molecule has 0 unspecified atom stereocenters. The van der Waals surface area contributed by atoms with Gasteiger partial charge in [0.15, 0.2) is 0 Å². The monoisotopic (exact) mass is 278 g/mol. The van der Waals surface area contributed by atoms with Crippen LogP contribution in [0.1, 0.15) is 33.1 Å². The highest BCUT2D eigenvalue weighted by Crippen LogP contribution is 2.34. The predicted molar refractivity (Wildman–Crippen MR) is 80.3 cm³/mol. The van der Waals surface area contributed by atoms with E-state index in [-0.39, 0.29) is 10.6 Å². The first-order valence-corrected chi connectivity index (χ1v) is 7.01. The molecule has 0 amide bonds. The summed E-state index contributed by atoms with van der Waals surface area (Å²) in [4.78, 5) is 17.3. The molecule has 0 aliphatic carbocycles. The zero-order valence-electron chi connectivity index (χ0n) is 12.3. The highest BCUT2D eigenvalue weighted by molar-refractivity contribution is 5.61. The zero-order valence-corrected chi connectivity index (χ0v) is 12.3. The Morgan fingerprint density at radius 3 is 2.75 bits per heavy atom. The van der Waals surface area contributed by atoms with E-state index < -0.39 is 0 Å². The van der Waals surface area contributed by atoms with Crippen molar-refractivity contribution in [2.75, 3.05) is 30.4 Å². The summed E-state index contributed by atoms with van der Waals surface area (Å²) in [6.45, 7) is 6.14. The molecule has 0 spiro atoms. The van der Waals surface area contributed by atoms with E-state index in [4.69, 9.17) is 0 Å². The van der Waals surface area contributed by atoms with Crippen molar-refractivity contribution in [2.24, 2.45) is 5.41 Å². The molecule has 0 bridgehead atoms. The summed E-state index contributed by atoms with van der Waals surface area (Å²) in [7, 11) is 1.77. The summed E-state index contributed by atoms with van der Waals surface area (Å²) in [5.74, 6) is 1.15. The number of nitrogens with zero attached hydrogens (tertiary/aromatic N) is 3. The van der Waals surface area contributed by atoms with Gasteiger partial charge in [0.2, 0.25) is 5.82 Å². The normalized spacial score (nSPS) is 18.4. The van der Waals surface area contributed by atoms with Crippen molar-refractivity contribution in [1.29, 1.82) is 0 Å². The fourth-order valence-electron chi connectivity index (χ4n) is 2.59. The number of hydrogen-bond acceptors (Lipinski definition) is 5. The quantitative estimate of drug-likeness (QED) is 0.679. The molecule has 1 aliphatic heterocycles. The molecule has 2 heterocycles. The van der Waals surface area contributed by atoms with Gasteiger partial charge in [-0.3, -0.25) is 10.1 Å². The number of pyridine rings is 1. The van der Waals surface area contributed by atoms with Crippen molar-refractivity contribution in [3.05, 3.63) is 22.2 Å². The van der Waals surface area contributed by atoms with Crippen molar-refractivity contribution >= 4 is 17.3 Å². The van der Waals surface area contributed by atoms with E-state index in [9.17, 15) is 10.1 Å². The number of anilines is 2. The Morgan fingerprint density at radius 1 is 1.35 bits per heavy atom. The summed E-state index contributed by atoms with van der Waals surface area (Å²) < 4.78 is 0. The molecular formula is C14H22N4O2. The zero-order chi connectivity index (χ0) is 14.8. The van der Waals surface area contributed by atoms with Crippen LogP contribution in [0.3, 0.4) is 0 Å². The van der Waals surface area contributed by atoms with Crippen LogP contribution in [0.2, 0.25) is 0 Å². The van der Waals surface area contributed by atoms with Gasteiger partial charge >= 0.3 is 5.69 Å². The van der Waals surface area contributed by atoms with Gasteiger partial charge in [0.05, 0.1) is 4.92 Å². The summed E-state index contributed by atoms with van der Waals surface area (Å²) >= 11 is 0. The Labute approximate surface area is 119 Å². The number of nitrogens with one attached hydrogen (secondary N) is 1. The van der Waals surface area contributed by atoms with E-state index in [1.807, 2.05) is 4.90 Å². The van der Waals surface area contributed by atoms with Gasteiger partial charge in [-0.15, -0.1) is 0 Å². The molecule has 20 heavy (non-hydrogen) atoms. The summed E-state index contributed by atoms with van der Waals surface area (Å²) in [6, 6.07) is 3.17. The fraction of sp³-hybridized carbons (Fsp3) is 0.643. The number of aromatic nitrogens is 1. The van der Waals surface area contributed by atoms with Crippen LogP contribution < -0.4 is 10.2 Å². The first kappa shape index (κ1) is 14.6. The molecule has 1 aromatic rings. The minimum absolute atomic E-state index is 0.0868. The Kier molecular flexibility index (Phi) is 4.11. The standard InChI is InChI=1S/C14H22N4O2/c1-14(2)7-4-9-17(10-8-14)13-11(18(19)20)5-6-12(15-3)16-13/h5-6H,4,7-10H2,1-3H3,(H,15,16). The molecule has 110 valence electrons. The molecule has 1 fully saturated rings. The fourth-order valence-corrected chi connectivity index (χ4v) is 2.59. The van der Waals surface area contributed by atoms with Crippen LogP contribution in [0, 0.1) is 15.5 Å². The second-order valence-electron chi connectivity index (χ2n) is 6.05. The molecule has 2 rings (SSSR count). The predicted octanol–water partition coefficient (Wildman–Crippen LogP) is 3.05. The molecule has 1 N–H and O–H groups in total. The molecule has 0 aromatic carbocycles. The number of hydrogen-bond donors (Lipinski definition) is 1. The Hall–Kier alpha value is -1.85. The van der Waals surface area contributed by atoms with Crippen LogP contribution in [0.15, 0.2) is 12.1 Å². The van der Waals surface area contributed by atoms with Gasteiger partial charge in [0.1, 0.15) is 5.82 Å². The Balaban J connectivity index is 2.32. The lowest BCUT2D eigenvalue weighted by Crippen LogP contribution is -2.27. The van der Waals surface area contributed by atoms with Gasteiger partial charge in [-0.05, 0) is 30.7 Å². The highest BCUT2D eigenvalue weighted by atomic mass is 16.6. The van der Waals surface area contributed by atoms with Gasteiger partial charge in [-0.2, -0.15) is 0 Å². The van der Waals surface area contributed by atoms with Crippen molar-refractivity contribution in [1.82, 2.24) is 4.98 Å². The third-order valence-corrected chi connectivity index (χ3v) is 3.95. The smallest absolute Gasteiger partial charge is 0.311 e. The Bertz CT molecular complexity index is 502. The van der Waals surface area contributed by atoms with Crippen LogP contribution in [0.25, 0.3) is 0 Å². The summed E-state index contributed by atoms with van der Waals surface area (Å²) in [5, 5.41) is 14.1. The van der Waals surface area contributed by atoms with Gasteiger partial charge in [0.25, 0.3) is 0 Å². The number of nitro groups is 1. The minimum Gasteiger partial charge on any atom is -0.373 e. The maximum atomic E-state index is 11.2. The topological polar surface area (TPSA) is 71.3 Å². The first-order valence-electron chi connectivity index (χ1n) is 7.01. The lowest BCUT2D eigenvalue weighted by Gasteiger charge is -2.24. The van der Waals surface area contributed by atoms with E-state index in [1.165, 1.54) is 6.07 Å². The molecule has 0 saturated carbocycles. The maximum absolute atomic E-state index is 11.2. The van der Waals surface area contributed by atoms with Gasteiger partial charge in [0, 0.05) is 26.2 Å². The lowest BCUT2D eigenvalue weighted by atomic mass is 9.85. The summed E-state index contributed by atoms with van der Waals surface area (Å²) in [6.07, 6.45) is 3.20. The van der Waals surface area contributed by atoms with Crippen LogP contribution in [0.5, 0.6) is 0 Å². The van der Waals surface area contributed by atoms with Gasteiger partial charge < -0.3 is 10.2 Å². The molecule has 6 heteroatoms. The molecule has 0 atom stereocenters. The van der Waals surface area contributed by atoms with Crippen LogP contribution in [0.4, 0.5) is 17.3 Å². The van der Waals surface area contributed by atoms with Crippen molar-refractivity contribution in [2.45, 2.75) is 33.1 Å². The van der Waals surface area contributed by atoms with E-state index in [1.54, 1.807) is 13.1 Å². The molecule has 1 aliphatic rings. The second kappa shape index (κ2) is 5.64. The first-order chi connectivity index (χ1) is 9.43. The third kappa shape index (κ3) is 3.18. The van der Waals surface area contributed by atoms with E-state index in [2.05, 4.69) is 24.1 Å². The molecule has 0 radical (unpaired) electrons. The summed E-state index contributed by atoms with van der Waals surface area (Å²) in [5.41, 5.74) is 0.383. The van der Waals surface area contributed by atoms with Gasteiger partial charge in [-0.1, -0.05) is 13.8 Å². The highest BCUT2D eigenvalue weighted by Gasteiger charge is 2.27. The van der Waals surface area contributed by atoms with E-state index in [0.717, 1.165) is 32.4 Å². The average molecular weight is 278 g/mol. The Morgan fingerprint density at radius 2 is 2.10 bits per heavy atom. The van der Waals surface area contributed by atoms with Gasteiger partial charge in [-0.25, -0.2) is 4.98 Å². The lowest BCUT2D eigenvalue weighted by molar-refractivity contribution is -0.384. The number of rotatable bonds is 3. The maximum Gasteiger partial charge on any atom is 0.311 e. The minimum atomic E-state index is -0.349. The van der Waals surface area contributed by atoms with E-state index in [0.29, 0.717) is 17.1 Å². The average Bonchev–Trinajstić information content (AvgIpc) is 2.58. The van der Waals surface area contributed by atoms with Crippen LogP contribution in [-0.2, 0) is 0 Å². The second-order valence-corrected chi connectivity index (χ2v) is 6.05. The molecule has 6 nitrogen and oxygen atoms in total. The molecule has 1 aromatic heterocycles.